The van der Waals surface area contributed by atoms with Crippen LogP contribution in [0.1, 0.15) is 18.9 Å². The summed E-state index contributed by atoms with van der Waals surface area (Å²) in [6.45, 7) is 1.53. The number of anilines is 1. The summed E-state index contributed by atoms with van der Waals surface area (Å²) in [6.07, 6.45) is 0.866. The molecule has 0 saturated carbocycles. The monoisotopic (exact) mass is 557 g/mol. The van der Waals surface area contributed by atoms with E-state index in [4.69, 9.17) is 16.3 Å². The molecule has 0 spiro atoms. The molecular formula is C28H32ClN3O5S. The van der Waals surface area contributed by atoms with Gasteiger partial charge < -0.3 is 15.0 Å². The van der Waals surface area contributed by atoms with Crippen molar-refractivity contribution in [2.45, 2.75) is 30.7 Å². The zero-order valence-corrected chi connectivity index (χ0v) is 23.2. The summed E-state index contributed by atoms with van der Waals surface area (Å²) in [6, 6.07) is 21.0. The molecule has 0 aliphatic carbocycles. The lowest BCUT2D eigenvalue weighted by Gasteiger charge is -2.33. The third kappa shape index (κ3) is 7.05. The lowest BCUT2D eigenvalue weighted by molar-refractivity contribution is -0.139. The number of hydrogen-bond donors (Lipinski definition) is 1. The van der Waals surface area contributed by atoms with Gasteiger partial charge in [0.2, 0.25) is 11.8 Å². The summed E-state index contributed by atoms with van der Waals surface area (Å²) in [5, 5.41) is 2.94. The van der Waals surface area contributed by atoms with Gasteiger partial charge in [-0.25, -0.2) is 8.42 Å². The van der Waals surface area contributed by atoms with E-state index in [1.807, 2.05) is 37.3 Å². The van der Waals surface area contributed by atoms with Crippen LogP contribution < -0.4 is 14.4 Å². The van der Waals surface area contributed by atoms with Crippen molar-refractivity contribution in [1.29, 1.82) is 0 Å². The van der Waals surface area contributed by atoms with Gasteiger partial charge in [-0.05, 0) is 60.9 Å². The smallest absolute Gasteiger partial charge is 0.264 e. The van der Waals surface area contributed by atoms with E-state index in [1.54, 1.807) is 18.2 Å². The molecular weight excluding hydrogens is 526 g/mol. The highest BCUT2D eigenvalue weighted by Gasteiger charge is 2.33. The molecule has 38 heavy (non-hydrogen) atoms. The second-order valence-corrected chi connectivity index (χ2v) is 10.8. The normalized spacial score (nSPS) is 11.9. The molecule has 0 bridgehead atoms. The molecule has 202 valence electrons. The van der Waals surface area contributed by atoms with Crippen LogP contribution in [0.2, 0.25) is 5.02 Å². The molecule has 1 unspecified atom stereocenters. The van der Waals surface area contributed by atoms with E-state index in [2.05, 4.69) is 5.32 Å². The average molecular weight is 558 g/mol. The van der Waals surface area contributed by atoms with Crippen molar-refractivity contribution in [3.05, 3.63) is 89.4 Å². The third-order valence-corrected chi connectivity index (χ3v) is 8.16. The number of sulfonamides is 1. The van der Waals surface area contributed by atoms with E-state index < -0.39 is 28.5 Å². The third-order valence-electron chi connectivity index (χ3n) is 6.14. The van der Waals surface area contributed by atoms with Crippen molar-refractivity contribution in [3.8, 4) is 5.75 Å². The molecule has 3 aromatic rings. The lowest BCUT2D eigenvalue weighted by atomic mass is 10.1. The number of amides is 2. The standard InChI is InChI=1S/C28H32ClN3O5S/c1-4-26(28(34)30-2)31(18-17-21-9-6-5-7-10-21)27(33)20-32(23-12-8-11-22(29)19-23)38(35,36)25-15-13-24(37-3)14-16-25/h5-16,19,26H,4,17-18,20H2,1-3H3,(H,30,34). The largest absolute Gasteiger partial charge is 0.497 e. The Morgan fingerprint density at radius 2 is 1.68 bits per heavy atom. The Hall–Kier alpha value is -3.56. The Kier molecular flexibility index (Phi) is 10.2. The van der Waals surface area contributed by atoms with Crippen molar-refractivity contribution in [2.75, 3.05) is 31.6 Å². The van der Waals surface area contributed by atoms with Gasteiger partial charge in [-0.1, -0.05) is 54.9 Å². The Morgan fingerprint density at radius 3 is 2.26 bits per heavy atom. The number of nitrogens with one attached hydrogen (secondary N) is 1. The number of halogens is 1. The summed E-state index contributed by atoms with van der Waals surface area (Å²) in [7, 11) is -1.18. The fourth-order valence-corrected chi connectivity index (χ4v) is 5.69. The van der Waals surface area contributed by atoms with Gasteiger partial charge >= 0.3 is 0 Å². The fourth-order valence-electron chi connectivity index (χ4n) is 4.10. The number of nitrogens with zero attached hydrogens (tertiary/aromatic N) is 2. The topological polar surface area (TPSA) is 96.0 Å². The molecule has 3 aromatic carbocycles. The minimum Gasteiger partial charge on any atom is -0.497 e. The maximum atomic E-state index is 13.8. The number of benzene rings is 3. The van der Waals surface area contributed by atoms with Crippen LogP contribution in [0, 0.1) is 0 Å². The molecule has 8 nitrogen and oxygen atoms in total. The van der Waals surface area contributed by atoms with Crippen molar-refractivity contribution in [2.24, 2.45) is 0 Å². The van der Waals surface area contributed by atoms with E-state index in [9.17, 15) is 18.0 Å². The SMILES string of the molecule is CCC(C(=O)NC)N(CCc1ccccc1)C(=O)CN(c1cccc(Cl)c1)S(=O)(=O)c1ccc(OC)cc1. The van der Waals surface area contributed by atoms with Crippen molar-refractivity contribution in [3.63, 3.8) is 0 Å². The molecule has 0 saturated heterocycles. The first kappa shape index (κ1) is 29.0. The summed E-state index contributed by atoms with van der Waals surface area (Å²) in [5.41, 5.74) is 1.23. The van der Waals surface area contributed by atoms with Gasteiger partial charge in [0, 0.05) is 18.6 Å². The first-order valence-electron chi connectivity index (χ1n) is 12.2. The lowest BCUT2D eigenvalue weighted by Crippen LogP contribution is -2.52. The van der Waals surface area contributed by atoms with Gasteiger partial charge in [-0.15, -0.1) is 0 Å². The minimum atomic E-state index is -4.18. The zero-order chi connectivity index (χ0) is 27.7. The summed E-state index contributed by atoms with van der Waals surface area (Å²) in [5.74, 6) is -0.326. The maximum Gasteiger partial charge on any atom is 0.264 e. The molecule has 1 N–H and O–H groups in total. The van der Waals surface area contributed by atoms with Crippen LogP contribution in [0.5, 0.6) is 5.75 Å². The maximum absolute atomic E-state index is 13.8. The van der Waals surface area contributed by atoms with Gasteiger partial charge in [0.25, 0.3) is 10.0 Å². The van der Waals surface area contributed by atoms with Crippen LogP contribution >= 0.6 is 11.6 Å². The molecule has 10 heteroatoms. The Bertz CT molecular complexity index is 1330. The number of hydrogen-bond acceptors (Lipinski definition) is 5. The van der Waals surface area contributed by atoms with Gasteiger partial charge in [-0.2, -0.15) is 0 Å². The van der Waals surface area contributed by atoms with Gasteiger partial charge in [0.05, 0.1) is 17.7 Å². The number of carbonyl (C=O) groups excluding carboxylic acids is 2. The molecule has 3 rings (SSSR count). The molecule has 1 atom stereocenters. The van der Waals surface area contributed by atoms with Crippen LogP contribution in [0.25, 0.3) is 0 Å². The number of methoxy groups -OCH3 is 1. The second kappa shape index (κ2) is 13.3. The summed E-state index contributed by atoms with van der Waals surface area (Å²) < 4.78 is 33.8. The highest BCUT2D eigenvalue weighted by atomic mass is 35.5. The van der Waals surface area contributed by atoms with E-state index in [-0.39, 0.29) is 23.0 Å². The number of likely N-dealkylation sites (N-methyl/N-ethyl adjacent to an activating group) is 1. The first-order valence-corrected chi connectivity index (χ1v) is 14.0. The Balaban J connectivity index is 2.00. The summed E-state index contributed by atoms with van der Waals surface area (Å²) >= 11 is 6.19. The van der Waals surface area contributed by atoms with Gasteiger partial charge in [0.1, 0.15) is 18.3 Å². The zero-order valence-electron chi connectivity index (χ0n) is 21.6. The number of carbonyl (C=O) groups is 2. The van der Waals surface area contributed by atoms with Crippen molar-refractivity contribution in [1.82, 2.24) is 10.2 Å². The Morgan fingerprint density at radius 1 is 1.00 bits per heavy atom. The average Bonchev–Trinajstić information content (AvgIpc) is 2.93. The molecule has 0 fully saturated rings. The highest BCUT2D eigenvalue weighted by molar-refractivity contribution is 7.92. The molecule has 0 aliphatic heterocycles. The molecule has 0 radical (unpaired) electrons. The van der Waals surface area contributed by atoms with Crippen molar-refractivity contribution >= 4 is 39.1 Å². The second-order valence-electron chi connectivity index (χ2n) is 8.53. The highest BCUT2D eigenvalue weighted by Crippen LogP contribution is 2.27. The molecule has 2 amide bonds. The van der Waals surface area contributed by atoms with E-state index >= 15 is 0 Å². The predicted octanol–water partition coefficient (Wildman–Crippen LogP) is 4.14. The fraction of sp³-hybridized carbons (Fsp3) is 0.286. The van der Waals surface area contributed by atoms with Crippen LogP contribution in [0.4, 0.5) is 5.69 Å². The Labute approximate surface area is 229 Å². The van der Waals surface area contributed by atoms with Gasteiger partial charge in [-0.3, -0.25) is 13.9 Å². The number of rotatable bonds is 12. The number of ether oxygens (including phenoxy) is 1. The van der Waals surface area contributed by atoms with E-state index in [1.165, 1.54) is 49.4 Å². The van der Waals surface area contributed by atoms with Crippen molar-refractivity contribution < 1.29 is 22.7 Å². The molecule has 0 heterocycles. The van der Waals surface area contributed by atoms with Crippen LogP contribution in [-0.4, -0.2) is 58.4 Å². The quantitative estimate of drug-likeness (QED) is 0.361. The minimum absolute atomic E-state index is 0.0137. The predicted molar refractivity (Wildman–Crippen MR) is 149 cm³/mol. The molecule has 0 aromatic heterocycles. The van der Waals surface area contributed by atoms with E-state index in [0.29, 0.717) is 23.6 Å². The summed E-state index contributed by atoms with van der Waals surface area (Å²) in [4.78, 5) is 28.0. The van der Waals surface area contributed by atoms with Crippen LogP contribution in [0.3, 0.4) is 0 Å². The molecule has 0 aliphatic rings. The van der Waals surface area contributed by atoms with Gasteiger partial charge in [0.15, 0.2) is 0 Å². The van der Waals surface area contributed by atoms with Crippen LogP contribution in [0.15, 0.2) is 83.8 Å². The van der Waals surface area contributed by atoms with E-state index in [0.717, 1.165) is 9.87 Å². The first-order chi connectivity index (χ1) is 18.2. The van der Waals surface area contributed by atoms with Crippen LogP contribution in [-0.2, 0) is 26.0 Å².